The molecule has 0 aliphatic heterocycles. The van der Waals surface area contributed by atoms with Crippen molar-refractivity contribution in [3.8, 4) is 0 Å². The van der Waals surface area contributed by atoms with Crippen LogP contribution >= 0.6 is 38.9 Å². The van der Waals surface area contributed by atoms with Gasteiger partial charge >= 0.3 is 0 Å². The molecule has 0 saturated carbocycles. The smallest absolute Gasteiger partial charge is 0.234 e. The highest BCUT2D eigenvalue weighted by Gasteiger charge is 2.08. The molecule has 1 N–H and O–H groups in total. The second-order valence-electron chi connectivity index (χ2n) is 4.78. The molecule has 6 heteroatoms. The number of halogens is 2. The van der Waals surface area contributed by atoms with E-state index >= 15 is 0 Å². The van der Waals surface area contributed by atoms with Crippen molar-refractivity contribution in [1.29, 1.82) is 0 Å². The monoisotopic (exact) mass is 386 g/mol. The Bertz CT molecular complexity index is 617. The van der Waals surface area contributed by atoms with Crippen molar-refractivity contribution >= 4 is 44.8 Å². The molecule has 0 radical (unpaired) electrons. The summed E-state index contributed by atoms with van der Waals surface area (Å²) >= 11 is 11.0. The van der Waals surface area contributed by atoms with Gasteiger partial charge in [-0.2, -0.15) is 0 Å². The van der Waals surface area contributed by atoms with Crippen LogP contribution in [0.3, 0.4) is 0 Å². The number of hydrogen-bond acceptors (Lipinski definition) is 3. The summed E-state index contributed by atoms with van der Waals surface area (Å²) in [5, 5.41) is 3.59. The lowest BCUT2D eigenvalue weighted by atomic mass is 10.2. The predicted octanol–water partition coefficient (Wildman–Crippen LogP) is 3.91. The summed E-state index contributed by atoms with van der Waals surface area (Å²) in [6.07, 6.45) is 0. The average Bonchev–Trinajstić information content (AvgIpc) is 2.81. The quantitative estimate of drug-likeness (QED) is 0.815. The van der Waals surface area contributed by atoms with Crippen molar-refractivity contribution in [2.45, 2.75) is 13.1 Å². The molecular weight excluding hydrogens is 372 g/mol. The Hall–Kier alpha value is -0.880. The Morgan fingerprint density at radius 3 is 2.86 bits per heavy atom. The highest BCUT2D eigenvalue weighted by molar-refractivity contribution is 9.11. The first kappa shape index (κ1) is 16.5. The molecule has 112 valence electrons. The molecule has 0 fully saturated rings. The van der Waals surface area contributed by atoms with Crippen molar-refractivity contribution in [2.24, 2.45) is 0 Å². The minimum absolute atomic E-state index is 0.00750. The number of nitrogens with zero attached hydrogens (tertiary/aromatic N) is 1. The van der Waals surface area contributed by atoms with Gasteiger partial charge in [-0.05, 0) is 52.8 Å². The molecule has 0 unspecified atom stereocenters. The molecule has 2 aromatic rings. The van der Waals surface area contributed by atoms with Gasteiger partial charge in [0.1, 0.15) is 0 Å². The standard InChI is InChI=1S/C15H16BrClN2OS/c1-19(9-13-5-6-14(16)21-13)10-15(20)18-8-11-3-2-4-12(17)7-11/h2-7H,8-10H2,1H3,(H,18,20). The van der Waals surface area contributed by atoms with Crippen LogP contribution in [-0.2, 0) is 17.9 Å². The third-order valence-corrected chi connectivity index (χ3v) is 4.69. The number of nitrogens with one attached hydrogen (secondary N) is 1. The Kier molecular flexibility index (Phi) is 6.23. The van der Waals surface area contributed by atoms with E-state index in [1.54, 1.807) is 11.3 Å². The van der Waals surface area contributed by atoms with Gasteiger partial charge in [0.2, 0.25) is 5.91 Å². The van der Waals surface area contributed by atoms with E-state index in [9.17, 15) is 4.79 Å². The number of carbonyl (C=O) groups excluding carboxylic acids is 1. The van der Waals surface area contributed by atoms with Crippen LogP contribution in [0.5, 0.6) is 0 Å². The van der Waals surface area contributed by atoms with Crippen molar-refractivity contribution in [3.05, 3.63) is 55.6 Å². The van der Waals surface area contributed by atoms with Gasteiger partial charge in [-0.15, -0.1) is 11.3 Å². The molecule has 1 amide bonds. The zero-order valence-electron chi connectivity index (χ0n) is 11.6. The zero-order valence-corrected chi connectivity index (χ0v) is 14.8. The third-order valence-electron chi connectivity index (χ3n) is 2.85. The number of thiophene rings is 1. The maximum atomic E-state index is 11.9. The number of rotatable bonds is 6. The van der Waals surface area contributed by atoms with Gasteiger partial charge in [-0.25, -0.2) is 0 Å². The minimum Gasteiger partial charge on any atom is -0.351 e. The third kappa shape index (κ3) is 5.79. The van der Waals surface area contributed by atoms with E-state index in [4.69, 9.17) is 11.6 Å². The van der Waals surface area contributed by atoms with E-state index in [0.717, 1.165) is 15.9 Å². The maximum Gasteiger partial charge on any atom is 0.234 e. The van der Waals surface area contributed by atoms with E-state index in [-0.39, 0.29) is 5.91 Å². The Labute approximate surface area is 142 Å². The normalized spacial score (nSPS) is 10.9. The lowest BCUT2D eigenvalue weighted by Gasteiger charge is -2.15. The number of hydrogen-bond donors (Lipinski definition) is 1. The average molecular weight is 388 g/mol. The molecular formula is C15H16BrClN2OS. The summed E-state index contributed by atoms with van der Waals surface area (Å²) in [5.74, 6) is 0.00750. The molecule has 0 bridgehead atoms. The summed E-state index contributed by atoms with van der Waals surface area (Å²) in [5.41, 5.74) is 1.00. The van der Waals surface area contributed by atoms with Crippen LogP contribution in [0.25, 0.3) is 0 Å². The fraction of sp³-hybridized carbons (Fsp3) is 0.267. The van der Waals surface area contributed by atoms with Crippen LogP contribution in [-0.4, -0.2) is 24.4 Å². The molecule has 3 nitrogen and oxygen atoms in total. The van der Waals surface area contributed by atoms with E-state index < -0.39 is 0 Å². The molecule has 0 aliphatic rings. The Balaban J connectivity index is 1.76. The molecule has 21 heavy (non-hydrogen) atoms. The molecule has 1 aromatic carbocycles. The van der Waals surface area contributed by atoms with Crippen LogP contribution < -0.4 is 5.32 Å². The lowest BCUT2D eigenvalue weighted by Crippen LogP contribution is -2.34. The van der Waals surface area contributed by atoms with Crippen LogP contribution in [0.1, 0.15) is 10.4 Å². The first-order valence-electron chi connectivity index (χ1n) is 6.47. The fourth-order valence-corrected chi connectivity index (χ4v) is 3.68. The number of carbonyl (C=O) groups is 1. The van der Waals surface area contributed by atoms with Crippen molar-refractivity contribution in [3.63, 3.8) is 0 Å². The molecule has 0 spiro atoms. The first-order valence-corrected chi connectivity index (χ1v) is 8.45. The second-order valence-corrected chi connectivity index (χ2v) is 7.77. The second kappa shape index (κ2) is 7.94. The number of amides is 1. The van der Waals surface area contributed by atoms with E-state index in [2.05, 4.69) is 27.3 Å². The van der Waals surface area contributed by atoms with Gasteiger partial charge in [0.15, 0.2) is 0 Å². The molecule has 1 aromatic heterocycles. The largest absolute Gasteiger partial charge is 0.351 e. The SMILES string of the molecule is CN(CC(=O)NCc1cccc(Cl)c1)Cc1ccc(Br)s1. The van der Waals surface area contributed by atoms with Crippen LogP contribution in [0.2, 0.25) is 5.02 Å². The summed E-state index contributed by atoms with van der Waals surface area (Å²) in [6, 6.07) is 11.6. The number of likely N-dealkylation sites (N-methyl/N-ethyl adjacent to an activating group) is 1. The molecule has 0 saturated heterocycles. The van der Waals surface area contributed by atoms with Gasteiger partial charge in [0, 0.05) is 23.0 Å². The van der Waals surface area contributed by atoms with E-state index in [0.29, 0.717) is 18.1 Å². The summed E-state index contributed by atoms with van der Waals surface area (Å²) < 4.78 is 1.11. The summed E-state index contributed by atoms with van der Waals surface area (Å²) in [4.78, 5) is 15.1. The van der Waals surface area contributed by atoms with Gasteiger partial charge in [0.25, 0.3) is 0 Å². The molecule has 0 atom stereocenters. The summed E-state index contributed by atoms with van der Waals surface area (Å²) in [7, 11) is 1.94. The molecule has 1 heterocycles. The topological polar surface area (TPSA) is 32.3 Å². The zero-order chi connectivity index (χ0) is 15.2. The molecule has 2 rings (SSSR count). The molecule has 0 aliphatic carbocycles. The van der Waals surface area contributed by atoms with Gasteiger partial charge in [-0.3, -0.25) is 9.69 Å². The van der Waals surface area contributed by atoms with Crippen molar-refractivity contribution in [2.75, 3.05) is 13.6 Å². The summed E-state index contributed by atoms with van der Waals surface area (Å²) in [6.45, 7) is 1.63. The fourth-order valence-electron chi connectivity index (χ4n) is 1.91. The lowest BCUT2D eigenvalue weighted by molar-refractivity contribution is -0.122. The first-order chi connectivity index (χ1) is 10.0. The van der Waals surface area contributed by atoms with Gasteiger partial charge in [0.05, 0.1) is 10.3 Å². The maximum absolute atomic E-state index is 11.9. The van der Waals surface area contributed by atoms with E-state index in [1.165, 1.54) is 4.88 Å². The Morgan fingerprint density at radius 1 is 1.38 bits per heavy atom. The predicted molar refractivity (Wildman–Crippen MR) is 91.7 cm³/mol. The van der Waals surface area contributed by atoms with Crippen molar-refractivity contribution < 1.29 is 4.79 Å². The Morgan fingerprint density at radius 2 is 2.19 bits per heavy atom. The highest BCUT2D eigenvalue weighted by Crippen LogP contribution is 2.22. The van der Waals surface area contributed by atoms with Crippen molar-refractivity contribution in [1.82, 2.24) is 10.2 Å². The van der Waals surface area contributed by atoms with Gasteiger partial charge in [-0.1, -0.05) is 23.7 Å². The van der Waals surface area contributed by atoms with Crippen LogP contribution in [0.15, 0.2) is 40.2 Å². The minimum atomic E-state index is 0.00750. The van der Waals surface area contributed by atoms with E-state index in [1.807, 2.05) is 42.3 Å². The van der Waals surface area contributed by atoms with Gasteiger partial charge < -0.3 is 5.32 Å². The number of benzene rings is 1. The highest BCUT2D eigenvalue weighted by atomic mass is 79.9. The van der Waals surface area contributed by atoms with Crippen LogP contribution in [0.4, 0.5) is 0 Å². The van der Waals surface area contributed by atoms with Crippen LogP contribution in [0, 0.1) is 0 Å².